The summed E-state index contributed by atoms with van der Waals surface area (Å²) in [5.41, 5.74) is 5.47. The van der Waals surface area contributed by atoms with Gasteiger partial charge in [-0.15, -0.1) is 0 Å². The zero-order valence-electron chi connectivity index (χ0n) is 14.5. The number of ether oxygens (including phenoxy) is 2. The maximum Gasteiger partial charge on any atom is 0.387 e. The first-order valence-electron chi connectivity index (χ1n) is 8.28. The van der Waals surface area contributed by atoms with E-state index in [9.17, 15) is 18.8 Å². The smallest absolute Gasteiger partial charge is 0.387 e. The predicted molar refractivity (Wildman–Crippen MR) is 103 cm³/mol. The van der Waals surface area contributed by atoms with Crippen molar-refractivity contribution in [3.05, 3.63) is 79.9 Å². The number of hydrogen-bond acceptors (Lipinski definition) is 6. The largest absolute Gasteiger partial charge is 0.439 e. The van der Waals surface area contributed by atoms with Crippen molar-refractivity contribution >= 4 is 26.9 Å². The van der Waals surface area contributed by atoms with E-state index < -0.39 is 18.2 Å². The van der Waals surface area contributed by atoms with Gasteiger partial charge in [0.05, 0.1) is 16.9 Å². The van der Waals surface area contributed by atoms with E-state index in [1.165, 1.54) is 18.2 Å². The Kier molecular flexibility index (Phi) is 4.72. The summed E-state index contributed by atoms with van der Waals surface area (Å²) in [6, 6.07) is 12.9. The molecule has 6 nitrogen and oxygen atoms in total. The molecule has 0 aliphatic carbocycles. The second-order valence-corrected chi connectivity index (χ2v) is 7.03. The lowest BCUT2D eigenvalue weighted by molar-refractivity contribution is -0.0505. The Morgan fingerprint density at radius 3 is 2.72 bits per heavy atom. The Bertz CT molecular complexity index is 1260. The highest BCUT2D eigenvalue weighted by Crippen LogP contribution is 2.46. The number of alkyl halides is 2. The number of nitrogens with zero attached hydrogens (tertiary/aromatic N) is 1. The predicted octanol–water partition coefficient (Wildman–Crippen LogP) is 4.38. The molecule has 1 aliphatic rings. The number of para-hydroxylation sites is 1. The topological polar surface area (TPSA) is 98.5 Å². The number of allylic oxidation sites excluding steroid dienone is 1. The van der Waals surface area contributed by atoms with Crippen LogP contribution in [0.3, 0.4) is 0 Å². The normalized spacial score (nSPS) is 15.8. The summed E-state index contributed by atoms with van der Waals surface area (Å²) < 4.78 is 42.1. The number of rotatable bonds is 3. The highest BCUT2D eigenvalue weighted by molar-refractivity contribution is 9.10. The summed E-state index contributed by atoms with van der Waals surface area (Å²) in [4.78, 5) is 12.8. The second-order valence-electron chi connectivity index (χ2n) is 6.11. The lowest BCUT2D eigenvalue weighted by Crippen LogP contribution is -2.26. The zero-order valence-corrected chi connectivity index (χ0v) is 16.1. The first-order chi connectivity index (χ1) is 13.9. The van der Waals surface area contributed by atoms with Crippen molar-refractivity contribution in [2.75, 3.05) is 0 Å². The van der Waals surface area contributed by atoms with E-state index in [1.807, 2.05) is 6.07 Å². The summed E-state index contributed by atoms with van der Waals surface area (Å²) in [5.74, 6) is -1.44. The van der Waals surface area contributed by atoms with Gasteiger partial charge in [-0.1, -0.05) is 28.1 Å². The average Bonchev–Trinajstić information content (AvgIpc) is 2.68. The van der Waals surface area contributed by atoms with E-state index in [-0.39, 0.29) is 39.7 Å². The average molecular weight is 461 g/mol. The molecule has 2 heterocycles. The van der Waals surface area contributed by atoms with Crippen LogP contribution in [0.25, 0.3) is 11.0 Å². The van der Waals surface area contributed by atoms with Crippen molar-refractivity contribution in [3.63, 3.8) is 0 Å². The van der Waals surface area contributed by atoms with Gasteiger partial charge in [-0.25, -0.2) is 4.79 Å². The van der Waals surface area contributed by atoms with Gasteiger partial charge in [0, 0.05) is 10.0 Å². The molecule has 4 rings (SSSR count). The van der Waals surface area contributed by atoms with Crippen LogP contribution in [0.5, 0.6) is 11.5 Å². The van der Waals surface area contributed by atoms with Gasteiger partial charge in [0.1, 0.15) is 23.0 Å². The fourth-order valence-electron chi connectivity index (χ4n) is 3.33. The zero-order chi connectivity index (χ0) is 20.7. The van der Waals surface area contributed by atoms with Gasteiger partial charge in [-0.2, -0.15) is 14.0 Å². The molecule has 3 aromatic rings. The minimum atomic E-state index is -3.10. The quantitative estimate of drug-likeness (QED) is 0.582. The van der Waals surface area contributed by atoms with E-state index in [2.05, 4.69) is 20.7 Å². The summed E-state index contributed by atoms with van der Waals surface area (Å²) in [7, 11) is 0. The van der Waals surface area contributed by atoms with Crippen LogP contribution in [0, 0.1) is 11.3 Å². The van der Waals surface area contributed by atoms with Gasteiger partial charge in [-0.05, 0) is 30.3 Å². The molecule has 1 aromatic heterocycles. The van der Waals surface area contributed by atoms with Crippen LogP contribution in [0.15, 0.2) is 67.6 Å². The third kappa shape index (κ3) is 3.21. The van der Waals surface area contributed by atoms with E-state index in [1.54, 1.807) is 24.3 Å². The lowest BCUT2D eigenvalue weighted by atomic mass is 9.83. The van der Waals surface area contributed by atoms with Gasteiger partial charge in [0.15, 0.2) is 5.75 Å². The van der Waals surface area contributed by atoms with Crippen LogP contribution >= 0.6 is 15.9 Å². The van der Waals surface area contributed by atoms with Gasteiger partial charge < -0.3 is 19.6 Å². The van der Waals surface area contributed by atoms with Crippen LogP contribution in [0.2, 0.25) is 0 Å². The van der Waals surface area contributed by atoms with Crippen molar-refractivity contribution in [1.82, 2.24) is 0 Å². The molecule has 0 unspecified atom stereocenters. The molecule has 0 saturated carbocycles. The highest BCUT2D eigenvalue weighted by atomic mass is 79.9. The standard InChI is InChI=1S/C20H11BrF2N2O4/c21-9-5-6-14(28-20(22)23)11(7-9)15-12(8-24)18(25)29-17-10-3-1-2-4-13(10)27-19(26)16(15)17/h1-7,15,20H,25H2/t15-/m0/s1. The number of hydrogen-bond donors (Lipinski definition) is 1. The molecule has 146 valence electrons. The molecular formula is C20H11BrF2N2O4. The number of halogens is 3. The van der Waals surface area contributed by atoms with Crippen molar-refractivity contribution in [3.8, 4) is 17.6 Å². The van der Waals surface area contributed by atoms with E-state index in [4.69, 9.17) is 14.9 Å². The number of nitriles is 1. The van der Waals surface area contributed by atoms with Crippen molar-refractivity contribution < 1.29 is 22.7 Å². The molecule has 0 amide bonds. The monoisotopic (exact) mass is 460 g/mol. The fourth-order valence-corrected chi connectivity index (χ4v) is 3.70. The Morgan fingerprint density at radius 1 is 1.24 bits per heavy atom. The first-order valence-corrected chi connectivity index (χ1v) is 9.07. The molecular weight excluding hydrogens is 450 g/mol. The highest BCUT2D eigenvalue weighted by Gasteiger charge is 2.37. The molecule has 2 aromatic carbocycles. The van der Waals surface area contributed by atoms with Crippen LogP contribution in [0.1, 0.15) is 17.0 Å². The molecule has 2 N–H and O–H groups in total. The van der Waals surface area contributed by atoms with Crippen LogP contribution < -0.4 is 20.8 Å². The molecule has 0 spiro atoms. The van der Waals surface area contributed by atoms with Crippen molar-refractivity contribution in [2.45, 2.75) is 12.5 Å². The third-order valence-corrected chi connectivity index (χ3v) is 4.97. The minimum Gasteiger partial charge on any atom is -0.439 e. The Morgan fingerprint density at radius 2 is 2.00 bits per heavy atom. The molecule has 0 bridgehead atoms. The maximum atomic E-state index is 13.0. The van der Waals surface area contributed by atoms with E-state index >= 15 is 0 Å². The summed E-state index contributed by atoms with van der Waals surface area (Å²) in [6.07, 6.45) is 0. The Balaban J connectivity index is 2.07. The Hall–Kier alpha value is -3.38. The summed E-state index contributed by atoms with van der Waals surface area (Å²) in [6.45, 7) is -3.10. The SMILES string of the molecule is N#CC1=C(N)Oc2c(c(=O)oc3ccccc23)[C@H]1c1cc(Br)ccc1OC(F)F. The molecule has 9 heteroatoms. The van der Waals surface area contributed by atoms with Gasteiger partial charge in [-0.3, -0.25) is 0 Å². The summed E-state index contributed by atoms with van der Waals surface area (Å²) >= 11 is 3.28. The Labute approximate surface area is 170 Å². The fraction of sp³-hybridized carbons (Fsp3) is 0.100. The van der Waals surface area contributed by atoms with Crippen LogP contribution in [-0.4, -0.2) is 6.61 Å². The van der Waals surface area contributed by atoms with Gasteiger partial charge in [0.25, 0.3) is 0 Å². The van der Waals surface area contributed by atoms with Crippen LogP contribution in [0.4, 0.5) is 8.78 Å². The molecule has 29 heavy (non-hydrogen) atoms. The lowest BCUT2D eigenvalue weighted by Gasteiger charge is -2.27. The number of benzene rings is 2. The maximum absolute atomic E-state index is 13.0. The third-order valence-electron chi connectivity index (χ3n) is 4.47. The molecule has 0 radical (unpaired) electrons. The van der Waals surface area contributed by atoms with Gasteiger partial charge >= 0.3 is 12.2 Å². The van der Waals surface area contributed by atoms with Crippen molar-refractivity contribution in [1.29, 1.82) is 5.26 Å². The van der Waals surface area contributed by atoms with Crippen LogP contribution in [-0.2, 0) is 0 Å². The summed E-state index contributed by atoms with van der Waals surface area (Å²) in [5, 5.41) is 10.1. The molecule has 1 aliphatic heterocycles. The first kappa shape index (κ1) is 19.0. The number of nitrogens with two attached hydrogens (primary N) is 1. The van der Waals surface area contributed by atoms with E-state index in [0.29, 0.717) is 9.86 Å². The second kappa shape index (κ2) is 7.22. The van der Waals surface area contributed by atoms with Gasteiger partial charge in [0.2, 0.25) is 5.88 Å². The van der Waals surface area contributed by atoms with E-state index in [0.717, 1.165) is 0 Å². The molecule has 0 fully saturated rings. The van der Waals surface area contributed by atoms with Crippen molar-refractivity contribution in [2.24, 2.45) is 5.73 Å². The molecule has 0 saturated heterocycles. The number of fused-ring (bicyclic) bond motifs is 3. The minimum absolute atomic E-state index is 0.0216. The molecule has 1 atom stereocenters.